The molecule has 1 aromatic carbocycles. The van der Waals surface area contributed by atoms with Crippen LogP contribution in [0.4, 0.5) is 8.78 Å². The minimum Gasteiger partial charge on any atom is -0.490 e. The second-order valence-electron chi connectivity index (χ2n) is 4.07. The maximum absolute atomic E-state index is 13.2. The van der Waals surface area contributed by atoms with Gasteiger partial charge >= 0.3 is 0 Å². The summed E-state index contributed by atoms with van der Waals surface area (Å²) in [5.41, 5.74) is 0. The monoisotopic (exact) mass is 243 g/mol. The summed E-state index contributed by atoms with van der Waals surface area (Å²) in [6, 6.07) is 3.53. The van der Waals surface area contributed by atoms with Crippen LogP contribution in [0, 0.1) is 11.6 Å². The van der Waals surface area contributed by atoms with Gasteiger partial charge in [0, 0.05) is 12.1 Å². The van der Waals surface area contributed by atoms with Crippen LogP contribution in [0.15, 0.2) is 18.2 Å². The zero-order chi connectivity index (χ0) is 12.7. The molecule has 1 rings (SSSR count). The van der Waals surface area contributed by atoms with E-state index >= 15 is 0 Å². The topological polar surface area (TPSA) is 21.3 Å². The van der Waals surface area contributed by atoms with Gasteiger partial charge in [0.05, 0.1) is 6.61 Å². The molecule has 4 heteroatoms. The summed E-state index contributed by atoms with van der Waals surface area (Å²) in [6.45, 7) is 5.47. The third-order valence-corrected chi connectivity index (χ3v) is 2.44. The molecule has 2 nitrogen and oxygen atoms in total. The van der Waals surface area contributed by atoms with Crippen molar-refractivity contribution in [2.24, 2.45) is 0 Å². The first-order chi connectivity index (χ1) is 8.13. The van der Waals surface area contributed by atoms with Crippen molar-refractivity contribution in [2.75, 3.05) is 13.2 Å². The molecule has 17 heavy (non-hydrogen) atoms. The number of ether oxygens (including phenoxy) is 1. The van der Waals surface area contributed by atoms with Crippen LogP contribution in [-0.4, -0.2) is 19.2 Å². The zero-order valence-electron chi connectivity index (χ0n) is 10.3. The van der Waals surface area contributed by atoms with E-state index in [2.05, 4.69) is 12.2 Å². The number of hydrogen-bond donors (Lipinski definition) is 1. The minimum atomic E-state index is -0.527. The molecule has 1 atom stereocenters. The third kappa shape index (κ3) is 5.13. The van der Waals surface area contributed by atoms with Crippen molar-refractivity contribution in [1.29, 1.82) is 0 Å². The molecule has 1 N–H and O–H groups in total. The van der Waals surface area contributed by atoms with Crippen molar-refractivity contribution in [2.45, 2.75) is 32.7 Å². The van der Waals surface area contributed by atoms with Gasteiger partial charge in [0.15, 0.2) is 11.6 Å². The van der Waals surface area contributed by atoms with Gasteiger partial charge in [-0.05, 0) is 38.4 Å². The Hall–Kier alpha value is -1.16. The molecule has 0 fully saturated rings. The molecule has 0 bridgehead atoms. The Labute approximate surface area is 101 Å². The highest BCUT2D eigenvalue weighted by Crippen LogP contribution is 2.18. The summed E-state index contributed by atoms with van der Waals surface area (Å²) in [7, 11) is 0. The van der Waals surface area contributed by atoms with Crippen molar-refractivity contribution < 1.29 is 13.5 Å². The van der Waals surface area contributed by atoms with Gasteiger partial charge in [0.25, 0.3) is 0 Å². The van der Waals surface area contributed by atoms with Gasteiger partial charge in [0.1, 0.15) is 5.82 Å². The largest absolute Gasteiger partial charge is 0.490 e. The summed E-state index contributed by atoms with van der Waals surface area (Å²) in [5, 5.41) is 3.30. The molecule has 0 radical (unpaired) electrons. The Morgan fingerprint density at radius 2 is 2.12 bits per heavy atom. The second-order valence-corrected chi connectivity index (χ2v) is 4.07. The van der Waals surface area contributed by atoms with Gasteiger partial charge in [-0.1, -0.05) is 6.92 Å². The normalized spacial score (nSPS) is 12.5. The molecule has 0 aliphatic heterocycles. The predicted molar refractivity (Wildman–Crippen MR) is 64.2 cm³/mol. The van der Waals surface area contributed by atoms with Crippen LogP contribution in [0.3, 0.4) is 0 Å². The van der Waals surface area contributed by atoms with Gasteiger partial charge < -0.3 is 10.1 Å². The highest BCUT2D eigenvalue weighted by molar-refractivity contribution is 5.24. The smallest absolute Gasteiger partial charge is 0.165 e. The first kappa shape index (κ1) is 13.9. The Morgan fingerprint density at radius 1 is 1.35 bits per heavy atom. The number of halogens is 2. The lowest BCUT2D eigenvalue weighted by Gasteiger charge is -2.13. The van der Waals surface area contributed by atoms with Crippen molar-refractivity contribution in [3.05, 3.63) is 29.8 Å². The fourth-order valence-corrected chi connectivity index (χ4v) is 1.43. The fraction of sp³-hybridized carbons (Fsp3) is 0.538. The molecular weight excluding hydrogens is 224 g/mol. The zero-order valence-corrected chi connectivity index (χ0v) is 10.3. The first-order valence-electron chi connectivity index (χ1n) is 5.94. The Kier molecular flexibility index (Phi) is 5.91. The number of nitrogens with one attached hydrogen (secondary N) is 1. The van der Waals surface area contributed by atoms with Crippen LogP contribution in [0.1, 0.15) is 26.7 Å². The predicted octanol–water partition coefficient (Wildman–Crippen LogP) is 3.12. The minimum absolute atomic E-state index is 0.0207. The summed E-state index contributed by atoms with van der Waals surface area (Å²) in [5.74, 6) is -1.04. The fourth-order valence-electron chi connectivity index (χ4n) is 1.43. The molecular formula is C13H19F2NO. The molecule has 0 heterocycles. The quantitative estimate of drug-likeness (QED) is 0.794. The van der Waals surface area contributed by atoms with E-state index in [1.165, 1.54) is 0 Å². The lowest BCUT2D eigenvalue weighted by molar-refractivity contribution is 0.276. The lowest BCUT2D eigenvalue weighted by Crippen LogP contribution is -2.28. The van der Waals surface area contributed by atoms with Crippen molar-refractivity contribution in [3.63, 3.8) is 0 Å². The molecule has 96 valence electrons. The number of hydrogen-bond acceptors (Lipinski definition) is 2. The van der Waals surface area contributed by atoms with Gasteiger partial charge in [0.2, 0.25) is 0 Å². The van der Waals surface area contributed by atoms with E-state index in [-0.39, 0.29) is 5.75 Å². The maximum atomic E-state index is 13.2. The van der Waals surface area contributed by atoms with Crippen LogP contribution in [0.25, 0.3) is 0 Å². The molecule has 0 saturated carbocycles. The van der Waals surface area contributed by atoms with Gasteiger partial charge in [-0.15, -0.1) is 0 Å². The van der Waals surface area contributed by atoms with Crippen molar-refractivity contribution >= 4 is 0 Å². The van der Waals surface area contributed by atoms with Crippen molar-refractivity contribution in [3.8, 4) is 5.75 Å². The number of benzene rings is 1. The highest BCUT2D eigenvalue weighted by atomic mass is 19.1. The summed E-state index contributed by atoms with van der Waals surface area (Å²) in [6.07, 6.45) is 1.83. The van der Waals surface area contributed by atoms with Crippen LogP contribution >= 0.6 is 0 Å². The van der Waals surface area contributed by atoms with E-state index in [4.69, 9.17) is 4.74 Å². The maximum Gasteiger partial charge on any atom is 0.165 e. The van der Waals surface area contributed by atoms with E-state index in [9.17, 15) is 8.78 Å². The Balaban J connectivity index is 2.32. The van der Waals surface area contributed by atoms with E-state index in [1.54, 1.807) is 0 Å². The molecule has 0 amide bonds. The lowest BCUT2D eigenvalue weighted by atomic mass is 10.2. The standard InChI is InChI=1S/C13H19F2NO/c1-3-7-16-10(2)6-8-17-13-9-11(14)4-5-12(13)15/h4-5,9-10,16H,3,6-8H2,1-2H3. The average molecular weight is 243 g/mol. The summed E-state index contributed by atoms with van der Waals surface area (Å²) in [4.78, 5) is 0. The molecule has 1 unspecified atom stereocenters. The van der Waals surface area contributed by atoms with Crippen LogP contribution in [0.2, 0.25) is 0 Å². The molecule has 0 spiro atoms. The van der Waals surface area contributed by atoms with Crippen molar-refractivity contribution in [1.82, 2.24) is 5.32 Å². The molecule has 0 saturated heterocycles. The highest BCUT2D eigenvalue weighted by Gasteiger charge is 2.06. The molecule has 0 aliphatic rings. The molecule has 0 aromatic heterocycles. The van der Waals surface area contributed by atoms with Gasteiger partial charge in [-0.2, -0.15) is 0 Å². The van der Waals surface area contributed by atoms with Crippen LogP contribution < -0.4 is 10.1 Å². The SMILES string of the molecule is CCCNC(C)CCOc1cc(F)ccc1F. The third-order valence-electron chi connectivity index (χ3n) is 2.44. The van der Waals surface area contributed by atoms with Gasteiger partial charge in [-0.3, -0.25) is 0 Å². The number of rotatable bonds is 7. The van der Waals surface area contributed by atoms with E-state index < -0.39 is 11.6 Å². The first-order valence-corrected chi connectivity index (χ1v) is 5.94. The second kappa shape index (κ2) is 7.22. The van der Waals surface area contributed by atoms with E-state index in [0.29, 0.717) is 12.6 Å². The van der Waals surface area contributed by atoms with Crippen LogP contribution in [-0.2, 0) is 0 Å². The van der Waals surface area contributed by atoms with Crippen LogP contribution in [0.5, 0.6) is 5.75 Å². The summed E-state index contributed by atoms with van der Waals surface area (Å²) < 4.78 is 31.2. The van der Waals surface area contributed by atoms with Gasteiger partial charge in [-0.25, -0.2) is 8.78 Å². The summed E-state index contributed by atoms with van der Waals surface area (Å²) >= 11 is 0. The molecule has 0 aliphatic carbocycles. The molecule has 1 aromatic rings. The Morgan fingerprint density at radius 3 is 2.82 bits per heavy atom. The van der Waals surface area contributed by atoms with E-state index in [0.717, 1.165) is 37.6 Å². The average Bonchev–Trinajstić information content (AvgIpc) is 2.31. The van der Waals surface area contributed by atoms with E-state index in [1.807, 2.05) is 6.92 Å². The Bertz CT molecular complexity index is 344.